The minimum Gasteiger partial charge on any atom is -0.454 e. The highest BCUT2D eigenvalue weighted by Gasteiger charge is 2.48. The summed E-state index contributed by atoms with van der Waals surface area (Å²) in [4.78, 5) is 14.1. The molecule has 4 heterocycles. The molecule has 31 heavy (non-hydrogen) atoms. The maximum absolute atomic E-state index is 13.1. The topological polar surface area (TPSA) is 90.8 Å². The largest absolute Gasteiger partial charge is 0.454 e. The molecule has 6 rings (SSSR count). The van der Waals surface area contributed by atoms with Crippen LogP contribution >= 0.6 is 23.1 Å². The van der Waals surface area contributed by atoms with E-state index in [2.05, 4.69) is 8.75 Å². The maximum atomic E-state index is 13.1. The summed E-state index contributed by atoms with van der Waals surface area (Å²) in [6.45, 7) is 0.135. The molecule has 4 aromatic rings. The fraction of sp³-hybridized carbons (Fsp3) is 0.136. The van der Waals surface area contributed by atoms with Crippen molar-refractivity contribution in [2.45, 2.75) is 12.2 Å². The first-order chi connectivity index (χ1) is 15.1. The smallest absolute Gasteiger partial charge is 0.342 e. The lowest BCUT2D eigenvalue weighted by Gasteiger charge is -2.25. The molecule has 0 aliphatic carbocycles. The zero-order valence-electron chi connectivity index (χ0n) is 15.9. The fourth-order valence-corrected chi connectivity index (χ4v) is 5.14. The van der Waals surface area contributed by atoms with E-state index in [-0.39, 0.29) is 6.79 Å². The van der Waals surface area contributed by atoms with Gasteiger partial charge in [-0.2, -0.15) is 8.75 Å². The van der Waals surface area contributed by atoms with Crippen LogP contribution in [0.1, 0.15) is 16.0 Å². The molecule has 0 amide bonds. The van der Waals surface area contributed by atoms with Gasteiger partial charge in [0.05, 0.1) is 17.3 Å². The number of fused-ring (bicyclic) bond motifs is 2. The number of hydrogen-bond acceptors (Lipinski definition) is 9. The molecule has 0 fully saturated rings. The van der Waals surface area contributed by atoms with Crippen molar-refractivity contribution in [3.63, 3.8) is 0 Å². The Morgan fingerprint density at radius 2 is 1.90 bits per heavy atom. The first kappa shape index (κ1) is 18.5. The normalized spacial score (nSPS) is 20.0. The summed E-state index contributed by atoms with van der Waals surface area (Å²) in [6.07, 6.45) is 0.358. The molecule has 7 nitrogen and oxygen atoms in total. The van der Waals surface area contributed by atoms with Crippen LogP contribution in [0.25, 0.3) is 16.6 Å². The molecular weight excluding hydrogens is 436 g/mol. The van der Waals surface area contributed by atoms with Crippen LogP contribution in [0.4, 0.5) is 0 Å². The van der Waals surface area contributed by atoms with Gasteiger partial charge in [0, 0.05) is 22.4 Å². The molecule has 2 aliphatic heterocycles. The lowest BCUT2D eigenvalue weighted by molar-refractivity contribution is -0.185. The maximum Gasteiger partial charge on any atom is 0.342 e. The SMILES string of the molecule is O=C1OC(O)(c2ccc3nsnc3c2)C(Cc2cccs2)=C1c1ccc2c(c1)OCO2. The lowest BCUT2D eigenvalue weighted by Crippen LogP contribution is -2.29. The summed E-state index contributed by atoms with van der Waals surface area (Å²) in [7, 11) is 0. The van der Waals surface area contributed by atoms with E-state index in [1.54, 1.807) is 47.7 Å². The van der Waals surface area contributed by atoms with Gasteiger partial charge in [-0.3, -0.25) is 0 Å². The minimum absolute atomic E-state index is 0.135. The molecule has 0 saturated carbocycles. The molecule has 1 N–H and O–H groups in total. The molecule has 2 aromatic heterocycles. The van der Waals surface area contributed by atoms with Crippen molar-refractivity contribution < 1.29 is 24.1 Å². The Morgan fingerprint density at radius 3 is 2.77 bits per heavy atom. The average molecular weight is 450 g/mol. The number of nitrogens with zero attached hydrogens (tertiary/aromatic N) is 2. The first-order valence-electron chi connectivity index (χ1n) is 9.46. The lowest BCUT2D eigenvalue weighted by atomic mass is 9.89. The van der Waals surface area contributed by atoms with E-state index in [1.165, 1.54) is 0 Å². The summed E-state index contributed by atoms with van der Waals surface area (Å²) >= 11 is 2.64. The molecule has 0 bridgehead atoms. The van der Waals surface area contributed by atoms with Crippen molar-refractivity contribution in [2.24, 2.45) is 0 Å². The molecule has 1 atom stereocenters. The Kier molecular flexibility index (Phi) is 4.10. The number of cyclic esters (lactones) is 1. The second-order valence-corrected chi connectivity index (χ2v) is 8.74. The number of aromatic nitrogens is 2. The van der Waals surface area contributed by atoms with Gasteiger partial charge in [0.25, 0.3) is 5.79 Å². The van der Waals surface area contributed by atoms with Crippen LogP contribution in [0.5, 0.6) is 11.5 Å². The number of thiophene rings is 1. The van der Waals surface area contributed by atoms with Crippen molar-refractivity contribution in [3.05, 3.63) is 75.5 Å². The number of ether oxygens (including phenoxy) is 3. The van der Waals surface area contributed by atoms with Crippen molar-refractivity contribution in [3.8, 4) is 11.5 Å². The number of carbonyl (C=O) groups is 1. The first-order valence-corrected chi connectivity index (χ1v) is 11.1. The number of esters is 1. The number of benzene rings is 2. The Balaban J connectivity index is 1.54. The van der Waals surface area contributed by atoms with Crippen molar-refractivity contribution in [1.29, 1.82) is 0 Å². The number of aliphatic hydroxyl groups is 1. The molecule has 154 valence electrons. The fourth-order valence-electron chi connectivity index (χ4n) is 3.91. The highest BCUT2D eigenvalue weighted by molar-refractivity contribution is 7.09. The second-order valence-electron chi connectivity index (χ2n) is 7.18. The van der Waals surface area contributed by atoms with Crippen molar-refractivity contribution in [1.82, 2.24) is 8.75 Å². The van der Waals surface area contributed by atoms with E-state index in [4.69, 9.17) is 14.2 Å². The standard InChI is InChI=1S/C22H14N2O5S2/c25-21-20(12-3-6-18-19(8-12)28-11-27-18)15(10-14-2-1-7-30-14)22(26,29-21)13-4-5-16-17(9-13)24-31-23-16/h1-9,26H,10-11H2. The Bertz CT molecular complexity index is 1360. The predicted molar refractivity (Wildman–Crippen MR) is 115 cm³/mol. The van der Waals surface area contributed by atoms with Gasteiger partial charge in [-0.1, -0.05) is 12.1 Å². The Labute approximate surface area is 184 Å². The van der Waals surface area contributed by atoms with Gasteiger partial charge >= 0.3 is 5.97 Å². The summed E-state index contributed by atoms with van der Waals surface area (Å²) in [5.74, 6) is -1.33. The third kappa shape index (κ3) is 2.93. The molecule has 0 saturated heterocycles. The van der Waals surface area contributed by atoms with Crippen molar-refractivity contribution in [2.75, 3.05) is 6.79 Å². The van der Waals surface area contributed by atoms with Crippen LogP contribution in [-0.2, 0) is 21.7 Å². The van der Waals surface area contributed by atoms with Gasteiger partial charge in [-0.05, 0) is 47.3 Å². The van der Waals surface area contributed by atoms with E-state index in [9.17, 15) is 9.90 Å². The third-order valence-corrected chi connectivity index (χ3v) is 6.83. The summed E-state index contributed by atoms with van der Waals surface area (Å²) < 4.78 is 25.0. The van der Waals surface area contributed by atoms with Crippen LogP contribution in [0.15, 0.2) is 59.5 Å². The highest BCUT2D eigenvalue weighted by Crippen LogP contribution is 2.46. The van der Waals surface area contributed by atoms with Gasteiger partial charge in [-0.25, -0.2) is 4.79 Å². The van der Waals surface area contributed by atoms with Crippen LogP contribution in [0, 0.1) is 0 Å². The Morgan fingerprint density at radius 1 is 1.03 bits per heavy atom. The molecule has 0 radical (unpaired) electrons. The minimum atomic E-state index is -1.91. The molecular formula is C22H14N2O5S2. The Hall–Kier alpha value is -3.27. The summed E-state index contributed by atoms with van der Waals surface area (Å²) in [5, 5.41) is 13.7. The summed E-state index contributed by atoms with van der Waals surface area (Å²) in [5.41, 5.74) is 3.20. The van der Waals surface area contributed by atoms with Crippen LogP contribution in [-0.4, -0.2) is 26.6 Å². The van der Waals surface area contributed by atoms with E-state index in [0.29, 0.717) is 45.7 Å². The average Bonchev–Trinajstić information content (AvgIpc) is 3.55. The van der Waals surface area contributed by atoms with Gasteiger partial charge in [0.1, 0.15) is 11.0 Å². The van der Waals surface area contributed by atoms with Crippen LogP contribution < -0.4 is 9.47 Å². The monoisotopic (exact) mass is 450 g/mol. The third-order valence-electron chi connectivity index (χ3n) is 5.39. The molecule has 2 aromatic carbocycles. The van der Waals surface area contributed by atoms with Gasteiger partial charge < -0.3 is 19.3 Å². The molecule has 1 unspecified atom stereocenters. The summed E-state index contributed by atoms with van der Waals surface area (Å²) in [6, 6.07) is 14.4. The van der Waals surface area contributed by atoms with E-state index in [1.807, 2.05) is 17.5 Å². The van der Waals surface area contributed by atoms with Gasteiger partial charge in [-0.15, -0.1) is 11.3 Å². The van der Waals surface area contributed by atoms with Gasteiger partial charge in [0.15, 0.2) is 11.5 Å². The molecule has 0 spiro atoms. The number of carbonyl (C=O) groups excluding carboxylic acids is 1. The van der Waals surface area contributed by atoms with Gasteiger partial charge in [0.2, 0.25) is 6.79 Å². The van der Waals surface area contributed by atoms with Crippen molar-refractivity contribution >= 4 is 45.6 Å². The van der Waals surface area contributed by atoms with Crippen LogP contribution in [0.3, 0.4) is 0 Å². The predicted octanol–water partition coefficient (Wildman–Crippen LogP) is 3.88. The zero-order chi connectivity index (χ0) is 21.0. The highest BCUT2D eigenvalue weighted by atomic mass is 32.1. The number of hydrogen-bond donors (Lipinski definition) is 1. The van der Waals surface area contributed by atoms with E-state index >= 15 is 0 Å². The zero-order valence-corrected chi connectivity index (χ0v) is 17.5. The molecule has 9 heteroatoms. The second kappa shape index (κ2) is 6.88. The molecule has 2 aliphatic rings. The quantitative estimate of drug-likeness (QED) is 0.472. The number of rotatable bonds is 4. The van der Waals surface area contributed by atoms with E-state index in [0.717, 1.165) is 22.1 Å². The van der Waals surface area contributed by atoms with E-state index < -0.39 is 11.8 Å². The van der Waals surface area contributed by atoms with Crippen LogP contribution in [0.2, 0.25) is 0 Å².